The number of hydrogen-bond acceptors (Lipinski definition) is 4. The number of unbranched alkanes of at least 4 members (excludes halogenated alkanes) is 26. The van der Waals surface area contributed by atoms with Gasteiger partial charge in [-0.15, -0.1) is 0 Å². The normalized spacial score (nSPS) is 11.1. The molecule has 0 aromatic heterocycles. The predicted molar refractivity (Wildman–Crippen MR) is 168 cm³/mol. The second-order valence-electron chi connectivity index (χ2n) is 11.7. The summed E-state index contributed by atoms with van der Waals surface area (Å²) in [5.74, 6) is -0.330. The summed E-state index contributed by atoms with van der Waals surface area (Å²) in [7, 11) is 0. The number of carbonyl (C=O) groups is 2. The minimum absolute atomic E-state index is 0.165. The summed E-state index contributed by atoms with van der Waals surface area (Å²) in [5, 5.41) is 0. The molecule has 0 rings (SSSR count). The second-order valence-corrected chi connectivity index (χ2v) is 14.0. The first-order chi connectivity index (χ1) is 19.2. The molecule has 0 aromatic rings. The predicted octanol–water partition coefficient (Wildman–Crippen LogP) is 11.3. The van der Waals surface area contributed by atoms with Crippen LogP contribution < -0.4 is 0 Å². The summed E-state index contributed by atoms with van der Waals surface area (Å²) in [4.78, 5) is 23.8. The van der Waals surface area contributed by atoms with Gasteiger partial charge in [0.1, 0.15) is 0 Å². The van der Waals surface area contributed by atoms with Crippen molar-refractivity contribution in [3.05, 3.63) is 0 Å². The molecule has 0 aliphatic rings. The van der Waals surface area contributed by atoms with E-state index in [1.807, 2.05) is 0 Å². The smallest absolute Gasteiger partial charge is 0.0654 e. The van der Waals surface area contributed by atoms with Crippen LogP contribution in [0.5, 0.6) is 0 Å². The van der Waals surface area contributed by atoms with Crippen LogP contribution in [0.1, 0.15) is 206 Å². The molecule has 0 aromatic carbocycles. The van der Waals surface area contributed by atoms with Gasteiger partial charge in [0.15, 0.2) is 0 Å². The van der Waals surface area contributed by atoms with Gasteiger partial charge in [0, 0.05) is 0 Å². The zero-order chi connectivity index (χ0) is 28.5. The van der Waals surface area contributed by atoms with E-state index in [1.54, 1.807) is 0 Å². The van der Waals surface area contributed by atoms with Crippen LogP contribution in [0.25, 0.3) is 0 Å². The average Bonchev–Trinajstić information content (AvgIpc) is 2.93. The van der Waals surface area contributed by atoms with Crippen molar-refractivity contribution < 1.29 is 15.0 Å². The minimum Gasteiger partial charge on any atom is -0.0654 e. The van der Waals surface area contributed by atoms with Crippen LogP contribution in [0, 0.1) is 0 Å². The third-order valence-electron chi connectivity index (χ3n) is 7.78. The fraction of sp³-hybridized carbons (Fsp3) is 0.941. The number of rotatable bonds is 32. The summed E-state index contributed by atoms with van der Waals surface area (Å²) in [6.45, 7) is 4.55. The van der Waals surface area contributed by atoms with Crippen LogP contribution in [-0.2, 0) is 15.0 Å². The molecule has 0 aliphatic carbocycles. The molecule has 2 radical (unpaired) electrons. The van der Waals surface area contributed by atoms with Crippen molar-refractivity contribution in [3.63, 3.8) is 0 Å². The fourth-order valence-electron chi connectivity index (χ4n) is 5.14. The monoisotopic (exact) mass is 746 g/mol. The Morgan fingerprint density at radius 2 is 0.564 bits per heavy atom. The Hall–Kier alpha value is -0.138. The summed E-state index contributed by atoms with van der Waals surface area (Å²) < 4.78 is 10.5. The van der Waals surface area contributed by atoms with Crippen molar-refractivity contribution in [1.82, 2.24) is 0 Å². The van der Waals surface area contributed by atoms with E-state index in [-0.39, 0.29) is 11.9 Å². The topological polar surface area (TPSA) is 52.6 Å². The van der Waals surface area contributed by atoms with Gasteiger partial charge in [0.25, 0.3) is 0 Å². The van der Waals surface area contributed by atoms with Gasteiger partial charge in [0.05, 0.1) is 0 Å². The third kappa shape index (κ3) is 34.0. The molecule has 39 heavy (non-hydrogen) atoms. The van der Waals surface area contributed by atoms with Gasteiger partial charge in [-0.1, -0.05) is 78.1 Å². The van der Waals surface area contributed by atoms with Crippen molar-refractivity contribution >= 4 is 37.1 Å². The zero-order valence-corrected chi connectivity index (χ0v) is 30.2. The Morgan fingerprint density at radius 1 is 0.359 bits per heavy atom. The maximum atomic E-state index is 11.9. The summed E-state index contributed by atoms with van der Waals surface area (Å²) in [6.07, 6.45) is 37.6. The first kappa shape index (κ1) is 38.9. The SMILES string of the molecule is CCCCCCCCCCCCCCCCC(=O)[O][Pb][O]C(=O)CCCCCCCCCCCCCCCC. The molecule has 0 bridgehead atoms. The number of hydrogen-bond donors (Lipinski definition) is 0. The summed E-state index contributed by atoms with van der Waals surface area (Å²) in [6, 6.07) is 0. The minimum atomic E-state index is -2.03. The van der Waals surface area contributed by atoms with Crippen molar-refractivity contribution in [2.75, 3.05) is 0 Å². The molecule has 0 saturated heterocycles. The molecule has 0 unspecified atom stereocenters. The standard InChI is InChI=1S/2C17H34O2.Pb/c2*1-2-3-4-5-6-7-8-9-10-11-12-13-14-15-16-17(18)19;/h2*2-16H2,1H3,(H,18,19);/q;;+2/p-2. The molecule has 0 heterocycles. The van der Waals surface area contributed by atoms with Crippen LogP contribution in [-0.4, -0.2) is 37.1 Å². The van der Waals surface area contributed by atoms with Gasteiger partial charge in [0.2, 0.25) is 0 Å². The molecule has 5 heteroatoms. The molecular weight excluding hydrogens is 680 g/mol. The Balaban J connectivity index is 3.27. The first-order valence-corrected chi connectivity index (χ1v) is 20.5. The Morgan fingerprint density at radius 3 is 0.795 bits per heavy atom. The van der Waals surface area contributed by atoms with Crippen LogP contribution in [0.2, 0.25) is 0 Å². The molecular formula is C34H66O4Pb. The van der Waals surface area contributed by atoms with Gasteiger partial charge in [-0.25, -0.2) is 0 Å². The van der Waals surface area contributed by atoms with Crippen molar-refractivity contribution in [3.8, 4) is 0 Å². The van der Waals surface area contributed by atoms with Gasteiger partial charge in [-0.05, 0) is 0 Å². The van der Waals surface area contributed by atoms with Gasteiger partial charge in [-0.2, -0.15) is 0 Å². The van der Waals surface area contributed by atoms with E-state index in [1.165, 1.54) is 154 Å². The first-order valence-electron chi connectivity index (χ1n) is 17.3. The molecule has 0 N–H and O–H groups in total. The zero-order valence-electron chi connectivity index (χ0n) is 26.3. The second kappa shape index (κ2) is 34.1. The van der Waals surface area contributed by atoms with Gasteiger partial charge in [-0.3, -0.25) is 0 Å². The summed E-state index contributed by atoms with van der Waals surface area (Å²) in [5.41, 5.74) is 0. The van der Waals surface area contributed by atoms with E-state index >= 15 is 0 Å². The molecule has 230 valence electrons. The molecule has 0 amide bonds. The molecule has 0 spiro atoms. The fourth-order valence-corrected chi connectivity index (χ4v) is 6.82. The van der Waals surface area contributed by atoms with Crippen LogP contribution in [0.15, 0.2) is 0 Å². The average molecular weight is 746 g/mol. The van der Waals surface area contributed by atoms with Crippen LogP contribution in [0.4, 0.5) is 0 Å². The van der Waals surface area contributed by atoms with E-state index in [4.69, 9.17) is 5.37 Å². The Kier molecular flexibility index (Phi) is 33.9. The summed E-state index contributed by atoms with van der Waals surface area (Å²) >= 11 is -2.03. The van der Waals surface area contributed by atoms with Crippen LogP contribution in [0.3, 0.4) is 0 Å². The Bertz CT molecular complexity index is 467. The van der Waals surface area contributed by atoms with Crippen molar-refractivity contribution in [2.45, 2.75) is 206 Å². The number of carbonyl (C=O) groups excluding carboxylic acids is 2. The molecule has 0 fully saturated rings. The van der Waals surface area contributed by atoms with Crippen LogP contribution >= 0.6 is 0 Å². The van der Waals surface area contributed by atoms with E-state index in [0.717, 1.165) is 25.7 Å². The van der Waals surface area contributed by atoms with E-state index in [9.17, 15) is 9.59 Å². The Labute approximate surface area is 257 Å². The molecule has 0 saturated carbocycles. The van der Waals surface area contributed by atoms with Gasteiger partial charge < -0.3 is 0 Å². The molecule has 0 aliphatic heterocycles. The maximum absolute atomic E-state index is 11.9. The quantitative estimate of drug-likeness (QED) is 0.0508. The van der Waals surface area contributed by atoms with Crippen molar-refractivity contribution in [2.24, 2.45) is 0 Å². The van der Waals surface area contributed by atoms with E-state index < -0.39 is 25.1 Å². The third-order valence-corrected chi connectivity index (χ3v) is 10.2. The van der Waals surface area contributed by atoms with Gasteiger partial charge >= 0.3 is 180 Å². The molecule has 0 atom stereocenters. The van der Waals surface area contributed by atoms with Crippen molar-refractivity contribution in [1.29, 1.82) is 0 Å². The molecule has 4 nitrogen and oxygen atoms in total. The van der Waals surface area contributed by atoms with E-state index in [0.29, 0.717) is 12.8 Å². The van der Waals surface area contributed by atoms with E-state index in [2.05, 4.69) is 13.8 Å².